The van der Waals surface area contributed by atoms with Crippen LogP contribution >= 0.6 is 0 Å². The van der Waals surface area contributed by atoms with Gasteiger partial charge in [0, 0.05) is 39.3 Å². The summed E-state index contributed by atoms with van der Waals surface area (Å²) in [6.45, 7) is 3.17. The number of benzene rings is 4. The van der Waals surface area contributed by atoms with Crippen LogP contribution in [0.4, 0.5) is 18.0 Å². The van der Waals surface area contributed by atoms with Gasteiger partial charge in [0.25, 0.3) is 0 Å². The second kappa shape index (κ2) is 18.2. The van der Waals surface area contributed by atoms with Crippen molar-refractivity contribution in [3.63, 3.8) is 0 Å². The number of cyclic esters (lactones) is 1. The lowest BCUT2D eigenvalue weighted by molar-refractivity contribution is -0.164. The molecule has 0 bridgehead atoms. The van der Waals surface area contributed by atoms with E-state index in [1.165, 1.54) is 27.5 Å². The van der Waals surface area contributed by atoms with Crippen molar-refractivity contribution in [2.24, 2.45) is 0 Å². The van der Waals surface area contributed by atoms with E-state index in [-0.39, 0.29) is 25.1 Å². The summed E-state index contributed by atoms with van der Waals surface area (Å²) in [6, 6.07) is 29.1. The summed E-state index contributed by atoms with van der Waals surface area (Å²) in [6.07, 6.45) is -0.0147. The van der Waals surface area contributed by atoms with Gasteiger partial charge in [0.05, 0.1) is 23.7 Å². The average molecular weight is 794 g/mol. The van der Waals surface area contributed by atoms with Crippen LogP contribution in [0, 0.1) is 0 Å². The predicted molar refractivity (Wildman–Crippen MR) is 212 cm³/mol. The number of likely N-dealkylation sites (tertiary alicyclic amines) is 1. The van der Waals surface area contributed by atoms with Crippen LogP contribution in [0.1, 0.15) is 40.3 Å². The van der Waals surface area contributed by atoms with E-state index >= 15 is 0 Å². The van der Waals surface area contributed by atoms with Crippen LogP contribution in [-0.2, 0) is 38.3 Å². The van der Waals surface area contributed by atoms with Crippen LogP contribution in [-0.4, -0.2) is 107 Å². The lowest BCUT2D eigenvalue weighted by atomic mass is 9.86. The fourth-order valence-electron chi connectivity index (χ4n) is 8.09. The highest BCUT2D eigenvalue weighted by molar-refractivity contribution is 5.98. The van der Waals surface area contributed by atoms with E-state index in [1.807, 2.05) is 89.8 Å². The molecule has 0 radical (unpaired) electrons. The molecular weight excluding hydrogens is 748 g/mol. The second-order valence-corrected chi connectivity index (χ2v) is 14.8. The molecule has 0 spiro atoms. The Hall–Kier alpha value is -5.79. The first-order chi connectivity index (χ1) is 28.1. The molecule has 10 nitrogen and oxygen atoms in total. The maximum Gasteiger partial charge on any atom is 0.416 e. The minimum Gasteiger partial charge on any atom is -0.447 e. The number of piperazine rings is 1. The minimum absolute atomic E-state index is 0.0349. The molecule has 4 aromatic rings. The summed E-state index contributed by atoms with van der Waals surface area (Å²) in [5, 5.41) is 2.77. The van der Waals surface area contributed by atoms with Crippen LogP contribution in [0.3, 0.4) is 0 Å². The lowest BCUT2D eigenvalue weighted by Crippen LogP contribution is -2.74. The number of alkyl halides is 3. The van der Waals surface area contributed by atoms with Crippen molar-refractivity contribution in [3.05, 3.63) is 149 Å². The quantitative estimate of drug-likeness (QED) is 0.117. The van der Waals surface area contributed by atoms with Crippen LogP contribution in [0.2, 0.25) is 0 Å². The Morgan fingerprint density at radius 3 is 2.17 bits per heavy atom. The number of nitrogens with zero attached hydrogens (tertiary/aromatic N) is 4. The first-order valence-corrected chi connectivity index (χ1v) is 19.6. The van der Waals surface area contributed by atoms with Crippen molar-refractivity contribution >= 4 is 30.3 Å². The van der Waals surface area contributed by atoms with Crippen molar-refractivity contribution in [1.29, 1.82) is 0 Å². The average Bonchev–Trinajstić information content (AvgIpc) is 3.62. The van der Waals surface area contributed by atoms with Gasteiger partial charge in [0.2, 0.25) is 11.8 Å². The van der Waals surface area contributed by atoms with E-state index in [2.05, 4.69) is 22.3 Å². The van der Waals surface area contributed by atoms with Crippen molar-refractivity contribution in [2.45, 2.75) is 55.8 Å². The topological polar surface area (TPSA) is 102 Å². The Morgan fingerprint density at radius 2 is 1.50 bits per heavy atom. The number of aldehydes is 1. The number of rotatable bonds is 15. The minimum atomic E-state index is -4.57. The Morgan fingerprint density at radius 1 is 0.845 bits per heavy atom. The normalized spacial score (nSPS) is 21.4. The standard InChI is InChI=1S/C45H46F3N5O5/c46-45(47,48)36-18-10-15-34(27-36)29-49-42(55)39(28-37(30-54)51-25-23-50(24-26-51)22-21-33-13-6-2-7-14-33)52-38(20-19-32-11-4-1-5-12-32)41(43(52)56)53-40(31-58-44(53)57)35-16-8-3-9-17-35/h1-20,27,30,37-41H,21-26,28-29,31H2,(H,49,55)/t37-,38?,39?,40+,41?/m0/s1. The van der Waals surface area contributed by atoms with Gasteiger partial charge < -0.3 is 24.6 Å². The van der Waals surface area contributed by atoms with E-state index < -0.39 is 59.9 Å². The van der Waals surface area contributed by atoms with Gasteiger partial charge in [-0.1, -0.05) is 115 Å². The molecule has 5 atom stereocenters. The molecule has 0 aromatic heterocycles. The molecular formula is C45H46F3N5O5. The van der Waals surface area contributed by atoms with Crippen LogP contribution in [0.5, 0.6) is 0 Å². The van der Waals surface area contributed by atoms with Gasteiger partial charge in [-0.15, -0.1) is 0 Å². The zero-order valence-electron chi connectivity index (χ0n) is 31.9. The van der Waals surface area contributed by atoms with E-state index in [4.69, 9.17) is 4.74 Å². The summed E-state index contributed by atoms with van der Waals surface area (Å²) in [5.74, 6) is -1.13. The highest BCUT2D eigenvalue weighted by Gasteiger charge is 2.58. The summed E-state index contributed by atoms with van der Waals surface area (Å²) >= 11 is 0. The maximum absolute atomic E-state index is 14.6. The van der Waals surface area contributed by atoms with Crippen molar-refractivity contribution in [2.75, 3.05) is 39.3 Å². The second-order valence-electron chi connectivity index (χ2n) is 14.8. The molecule has 3 saturated heterocycles. The third-order valence-corrected chi connectivity index (χ3v) is 11.2. The van der Waals surface area contributed by atoms with Gasteiger partial charge in [0.15, 0.2) is 0 Å². The maximum atomic E-state index is 14.6. The van der Waals surface area contributed by atoms with E-state index in [0.717, 1.165) is 42.5 Å². The molecule has 7 rings (SSSR count). The highest BCUT2D eigenvalue weighted by atomic mass is 19.4. The number of carbonyl (C=O) groups excluding carboxylic acids is 4. The third kappa shape index (κ3) is 9.32. The van der Waals surface area contributed by atoms with Gasteiger partial charge >= 0.3 is 12.3 Å². The Kier molecular flexibility index (Phi) is 12.7. The SMILES string of the molecule is O=C[C@H](CC(C(=O)NCc1cccc(C(F)(F)F)c1)N1C(=O)C(N2C(=O)OC[C@@H]2c2ccccc2)C1C=Cc1ccccc1)N1CCN(CCc2ccccc2)CC1. The highest BCUT2D eigenvalue weighted by Crippen LogP contribution is 2.39. The number of nitrogens with one attached hydrogen (secondary N) is 1. The number of β-lactam (4-membered cyclic amide) rings is 1. The summed E-state index contributed by atoms with van der Waals surface area (Å²) < 4.78 is 46.2. The number of carbonyl (C=O) groups is 4. The van der Waals surface area contributed by atoms with Crippen LogP contribution in [0.15, 0.2) is 121 Å². The van der Waals surface area contributed by atoms with Crippen LogP contribution in [0.25, 0.3) is 6.08 Å². The summed E-state index contributed by atoms with van der Waals surface area (Å²) in [4.78, 5) is 62.4. The zero-order valence-corrected chi connectivity index (χ0v) is 31.9. The molecule has 0 saturated carbocycles. The molecule has 0 aliphatic carbocycles. The van der Waals surface area contributed by atoms with Crippen molar-refractivity contribution in [1.82, 2.24) is 24.9 Å². The van der Waals surface area contributed by atoms with Crippen molar-refractivity contribution < 1.29 is 37.1 Å². The largest absolute Gasteiger partial charge is 0.447 e. The Labute approximate surface area is 335 Å². The van der Waals surface area contributed by atoms with Gasteiger partial charge in [-0.25, -0.2) is 4.79 Å². The van der Waals surface area contributed by atoms with Gasteiger partial charge in [-0.05, 0) is 47.2 Å². The molecule has 58 heavy (non-hydrogen) atoms. The number of halogens is 3. The zero-order chi connectivity index (χ0) is 40.6. The number of hydrogen-bond acceptors (Lipinski definition) is 7. The molecule has 3 aliphatic rings. The van der Waals surface area contributed by atoms with Gasteiger partial charge in [0.1, 0.15) is 25.0 Å². The van der Waals surface area contributed by atoms with Gasteiger partial charge in [-0.2, -0.15) is 13.2 Å². The number of hydrogen-bond donors (Lipinski definition) is 1. The molecule has 4 aromatic carbocycles. The molecule has 3 heterocycles. The Bertz CT molecular complexity index is 2060. The summed E-state index contributed by atoms with van der Waals surface area (Å²) in [5.41, 5.74) is 2.21. The molecule has 1 N–H and O–H groups in total. The fraction of sp³-hybridized carbons (Fsp3) is 0.333. The first-order valence-electron chi connectivity index (χ1n) is 19.6. The van der Waals surface area contributed by atoms with Crippen LogP contribution < -0.4 is 5.32 Å². The van der Waals surface area contributed by atoms with Crippen molar-refractivity contribution in [3.8, 4) is 0 Å². The van der Waals surface area contributed by atoms with E-state index in [0.29, 0.717) is 26.2 Å². The van der Waals surface area contributed by atoms with Gasteiger partial charge in [-0.3, -0.25) is 19.4 Å². The summed E-state index contributed by atoms with van der Waals surface area (Å²) in [7, 11) is 0. The Balaban J connectivity index is 1.16. The molecule has 13 heteroatoms. The fourth-order valence-corrected chi connectivity index (χ4v) is 8.09. The molecule has 3 unspecified atom stereocenters. The molecule has 3 aliphatic heterocycles. The third-order valence-electron chi connectivity index (χ3n) is 11.2. The first kappa shape index (κ1) is 40.4. The molecule has 3 fully saturated rings. The van der Waals surface area contributed by atoms with E-state index in [9.17, 15) is 32.3 Å². The molecule has 3 amide bonds. The lowest BCUT2D eigenvalue weighted by Gasteiger charge is -2.53. The number of ether oxygens (including phenoxy) is 1. The van der Waals surface area contributed by atoms with E-state index in [1.54, 1.807) is 6.08 Å². The smallest absolute Gasteiger partial charge is 0.416 e. The number of amides is 3. The molecule has 302 valence electrons. The predicted octanol–water partition coefficient (Wildman–Crippen LogP) is 5.99. The monoisotopic (exact) mass is 793 g/mol.